The van der Waals surface area contributed by atoms with Gasteiger partial charge < -0.3 is 9.79 Å². The van der Waals surface area contributed by atoms with E-state index in [0.29, 0.717) is 0 Å². The molecule has 0 radical (unpaired) electrons. The van der Waals surface area contributed by atoms with Gasteiger partial charge in [0.05, 0.1) is 0 Å². The number of phosphoric acid groups is 1. The molecule has 136 valence electrons. The Morgan fingerprint density at radius 1 is 0.960 bits per heavy atom. The van der Waals surface area contributed by atoms with Crippen molar-refractivity contribution in [1.29, 1.82) is 0 Å². The predicted molar refractivity (Wildman–Crippen MR) is 100 cm³/mol. The quantitative estimate of drug-likeness (QED) is 0.598. The van der Waals surface area contributed by atoms with Crippen molar-refractivity contribution in [2.75, 3.05) is 0 Å². The number of benzene rings is 2. The summed E-state index contributed by atoms with van der Waals surface area (Å²) >= 11 is 0. The highest BCUT2D eigenvalue weighted by Gasteiger charge is 2.46. The average molecular weight is 362 g/mol. The van der Waals surface area contributed by atoms with Gasteiger partial charge in [-0.1, -0.05) is 87.4 Å². The molecule has 1 unspecified atom stereocenters. The molecule has 0 heterocycles. The van der Waals surface area contributed by atoms with Crippen molar-refractivity contribution in [2.45, 2.75) is 45.1 Å². The molecule has 0 amide bonds. The van der Waals surface area contributed by atoms with Crippen LogP contribution in [0.25, 0.3) is 0 Å². The van der Waals surface area contributed by atoms with E-state index in [-0.39, 0.29) is 5.92 Å². The zero-order valence-corrected chi connectivity index (χ0v) is 15.7. The van der Waals surface area contributed by atoms with Crippen LogP contribution in [0.3, 0.4) is 0 Å². The summed E-state index contributed by atoms with van der Waals surface area (Å²) < 4.78 is 17.6. The van der Waals surface area contributed by atoms with Crippen LogP contribution in [-0.2, 0) is 14.7 Å². The summed E-state index contributed by atoms with van der Waals surface area (Å²) in [6.45, 7) is 4.16. The molecule has 0 fully saturated rings. The van der Waals surface area contributed by atoms with Crippen molar-refractivity contribution in [1.82, 2.24) is 0 Å². The molecule has 0 aromatic heterocycles. The van der Waals surface area contributed by atoms with Gasteiger partial charge in [-0.15, -0.1) is 0 Å². The maximum atomic E-state index is 12.0. The fraction of sp³-hybridized carbons (Fsp3) is 0.400. The summed E-state index contributed by atoms with van der Waals surface area (Å²) in [5.74, 6) is -0.0510. The third-order valence-corrected chi connectivity index (χ3v) is 5.17. The first kappa shape index (κ1) is 19.9. The molecule has 2 aromatic carbocycles. The summed E-state index contributed by atoms with van der Waals surface area (Å²) in [4.78, 5) is 19.5. The highest BCUT2D eigenvalue weighted by Crippen LogP contribution is 2.54. The van der Waals surface area contributed by atoms with Gasteiger partial charge in [0.25, 0.3) is 0 Å². The maximum Gasteiger partial charge on any atom is 0.470 e. The second-order valence-electron chi connectivity index (χ2n) is 6.30. The lowest BCUT2D eigenvalue weighted by molar-refractivity contribution is 0.00708. The number of unbranched alkanes of at least 4 members (excludes halogenated alkanes) is 1. The number of phosphoric ester groups is 1. The van der Waals surface area contributed by atoms with Crippen molar-refractivity contribution >= 4 is 7.82 Å². The van der Waals surface area contributed by atoms with Crippen LogP contribution in [0, 0.1) is 5.92 Å². The van der Waals surface area contributed by atoms with Crippen LogP contribution in [0.5, 0.6) is 0 Å². The molecule has 1 atom stereocenters. The van der Waals surface area contributed by atoms with Crippen LogP contribution in [0.15, 0.2) is 60.7 Å². The molecular weight excluding hydrogens is 335 g/mol. The Morgan fingerprint density at radius 2 is 1.44 bits per heavy atom. The second kappa shape index (κ2) is 8.77. The van der Waals surface area contributed by atoms with Crippen LogP contribution in [0.4, 0.5) is 0 Å². The molecule has 0 bridgehead atoms. The fourth-order valence-electron chi connectivity index (χ4n) is 3.52. The van der Waals surface area contributed by atoms with E-state index in [2.05, 4.69) is 6.92 Å². The van der Waals surface area contributed by atoms with Crippen LogP contribution in [0.2, 0.25) is 0 Å². The van der Waals surface area contributed by atoms with Crippen molar-refractivity contribution in [2.24, 2.45) is 5.92 Å². The van der Waals surface area contributed by atoms with E-state index >= 15 is 0 Å². The molecule has 2 aromatic rings. The zero-order valence-electron chi connectivity index (χ0n) is 14.8. The van der Waals surface area contributed by atoms with Crippen molar-refractivity contribution in [3.8, 4) is 0 Å². The van der Waals surface area contributed by atoms with Crippen LogP contribution in [-0.4, -0.2) is 9.79 Å². The largest absolute Gasteiger partial charge is 0.470 e. The fourth-order valence-corrected chi connectivity index (χ4v) is 4.26. The van der Waals surface area contributed by atoms with E-state index in [1.807, 2.05) is 67.6 Å². The van der Waals surface area contributed by atoms with Crippen molar-refractivity contribution < 1.29 is 18.9 Å². The third kappa shape index (κ3) is 4.80. The van der Waals surface area contributed by atoms with Gasteiger partial charge in [0.15, 0.2) is 0 Å². The summed E-state index contributed by atoms with van der Waals surface area (Å²) in [5, 5.41) is 0. The molecular formula is C20H27O4P. The molecule has 0 saturated heterocycles. The molecule has 0 spiro atoms. The Morgan fingerprint density at radius 3 is 1.80 bits per heavy atom. The van der Waals surface area contributed by atoms with E-state index in [0.717, 1.165) is 36.8 Å². The van der Waals surface area contributed by atoms with Gasteiger partial charge in [0.2, 0.25) is 0 Å². The minimum atomic E-state index is -4.72. The molecule has 0 saturated carbocycles. The van der Waals surface area contributed by atoms with E-state index in [1.54, 1.807) is 0 Å². The summed E-state index contributed by atoms with van der Waals surface area (Å²) in [5.41, 5.74) is 0.366. The standard InChI is InChI=1S/C20H27O4P/c1-3-5-12-17(4-2)20(24-25(21,22)23,18-13-8-6-9-14-18)19-15-10-7-11-16-19/h6-11,13-17H,3-5,12H2,1-2H3,(H2,21,22,23). The normalized spacial score (nSPS) is 13.6. The van der Waals surface area contributed by atoms with Gasteiger partial charge >= 0.3 is 7.82 Å². The van der Waals surface area contributed by atoms with E-state index in [9.17, 15) is 14.4 Å². The van der Waals surface area contributed by atoms with Gasteiger partial charge in [-0.25, -0.2) is 4.57 Å². The predicted octanol–water partition coefficient (Wildman–Crippen LogP) is 5.26. The second-order valence-corrected chi connectivity index (χ2v) is 7.46. The lowest BCUT2D eigenvalue weighted by atomic mass is 9.73. The van der Waals surface area contributed by atoms with Crippen LogP contribution < -0.4 is 0 Å². The molecule has 4 nitrogen and oxygen atoms in total. The first-order valence-corrected chi connectivity index (χ1v) is 10.3. The van der Waals surface area contributed by atoms with Crippen molar-refractivity contribution in [3.63, 3.8) is 0 Å². The SMILES string of the molecule is CCCCC(CC)C(OP(=O)(O)O)(c1ccccc1)c1ccccc1. The maximum absolute atomic E-state index is 12.0. The molecule has 0 aliphatic heterocycles. The van der Waals surface area contributed by atoms with Crippen LogP contribution >= 0.6 is 7.82 Å². The van der Waals surface area contributed by atoms with Crippen molar-refractivity contribution in [3.05, 3.63) is 71.8 Å². The lowest BCUT2D eigenvalue weighted by Crippen LogP contribution is -2.38. The lowest BCUT2D eigenvalue weighted by Gasteiger charge is -2.41. The Hall–Kier alpha value is -1.45. The summed E-state index contributed by atoms with van der Waals surface area (Å²) in [7, 11) is -4.72. The monoisotopic (exact) mass is 362 g/mol. The molecule has 0 aliphatic rings. The number of rotatable bonds is 9. The minimum Gasteiger partial charge on any atom is -0.303 e. The first-order chi connectivity index (χ1) is 11.9. The third-order valence-electron chi connectivity index (χ3n) is 4.64. The average Bonchev–Trinajstić information content (AvgIpc) is 2.61. The molecule has 2 rings (SSSR count). The first-order valence-electron chi connectivity index (χ1n) is 8.81. The Labute approximate surface area is 150 Å². The molecule has 2 N–H and O–H groups in total. The molecule has 25 heavy (non-hydrogen) atoms. The number of hydrogen-bond donors (Lipinski definition) is 2. The van der Waals surface area contributed by atoms with E-state index < -0.39 is 13.4 Å². The van der Waals surface area contributed by atoms with Gasteiger partial charge in [-0.05, 0) is 29.9 Å². The van der Waals surface area contributed by atoms with E-state index in [4.69, 9.17) is 4.52 Å². The van der Waals surface area contributed by atoms with Gasteiger partial charge in [-0.3, -0.25) is 4.52 Å². The minimum absolute atomic E-state index is 0.0510. The Bertz CT molecular complexity index is 642. The number of hydrogen-bond acceptors (Lipinski definition) is 2. The Balaban J connectivity index is 2.70. The highest BCUT2D eigenvalue weighted by molar-refractivity contribution is 7.46. The smallest absolute Gasteiger partial charge is 0.303 e. The van der Waals surface area contributed by atoms with Gasteiger partial charge in [-0.2, -0.15) is 0 Å². The highest BCUT2D eigenvalue weighted by atomic mass is 31.2. The zero-order chi connectivity index (χ0) is 18.3. The van der Waals surface area contributed by atoms with Crippen LogP contribution in [0.1, 0.15) is 50.7 Å². The van der Waals surface area contributed by atoms with E-state index in [1.165, 1.54) is 0 Å². The van der Waals surface area contributed by atoms with Gasteiger partial charge in [0, 0.05) is 0 Å². The topological polar surface area (TPSA) is 66.8 Å². The molecule has 0 aliphatic carbocycles. The Kier molecular flexibility index (Phi) is 6.97. The summed E-state index contributed by atoms with van der Waals surface area (Å²) in [6, 6.07) is 18.8. The molecule has 5 heteroatoms. The summed E-state index contributed by atoms with van der Waals surface area (Å²) in [6.07, 6.45) is 3.58. The van der Waals surface area contributed by atoms with Gasteiger partial charge in [0.1, 0.15) is 5.60 Å².